The topological polar surface area (TPSA) is 93.2 Å². The van der Waals surface area contributed by atoms with E-state index in [0.717, 1.165) is 10.2 Å². The molecule has 0 bridgehead atoms. The van der Waals surface area contributed by atoms with Crippen molar-refractivity contribution in [2.45, 2.75) is 6.92 Å². The van der Waals surface area contributed by atoms with Gasteiger partial charge in [-0.05, 0) is 37.3 Å². The molecular weight excluding hydrogens is 386 g/mol. The van der Waals surface area contributed by atoms with Gasteiger partial charge in [0.05, 0.1) is 11.3 Å². The van der Waals surface area contributed by atoms with Gasteiger partial charge < -0.3 is 0 Å². The highest BCUT2D eigenvalue weighted by Crippen LogP contribution is 2.18. The molecule has 0 aliphatic heterocycles. The summed E-state index contributed by atoms with van der Waals surface area (Å²) in [5.74, 6) is 0.447. The molecule has 0 radical (unpaired) electrons. The molecule has 0 unspecified atom stereocenters. The highest BCUT2D eigenvalue weighted by Gasteiger charge is 2.12. The third-order valence-corrected chi connectivity index (χ3v) is 4.14. The molecule has 0 saturated carbocycles. The fourth-order valence-corrected chi connectivity index (χ4v) is 2.79. The minimum atomic E-state index is -0.226. The fourth-order valence-electron chi connectivity index (χ4n) is 2.41. The Morgan fingerprint density at radius 3 is 3.00 bits per heavy atom. The summed E-state index contributed by atoms with van der Waals surface area (Å²) >= 11 is 3.40. The lowest BCUT2D eigenvalue weighted by Crippen LogP contribution is -2.19. The maximum Gasteiger partial charge on any atom is 0.281 e. The molecule has 0 atom stereocenters. The smallest absolute Gasteiger partial charge is 0.281 e. The number of halogens is 1. The second-order valence-electron chi connectivity index (χ2n) is 5.35. The summed E-state index contributed by atoms with van der Waals surface area (Å²) < 4.78 is 3.81. The number of H-pyrrole nitrogens is 1. The molecule has 4 rings (SSSR count). The van der Waals surface area contributed by atoms with E-state index in [1.54, 1.807) is 18.3 Å². The van der Waals surface area contributed by atoms with E-state index in [2.05, 4.69) is 41.3 Å². The van der Waals surface area contributed by atoms with Crippen molar-refractivity contribution in [3.8, 4) is 5.82 Å². The van der Waals surface area contributed by atoms with E-state index in [-0.39, 0.29) is 5.56 Å². The molecule has 4 aromatic rings. The van der Waals surface area contributed by atoms with Gasteiger partial charge in [-0.15, -0.1) is 15.3 Å². The van der Waals surface area contributed by atoms with Crippen LogP contribution in [0.15, 0.2) is 57.0 Å². The maximum absolute atomic E-state index is 12.7. The van der Waals surface area contributed by atoms with Crippen LogP contribution in [0.1, 0.15) is 11.3 Å². The summed E-state index contributed by atoms with van der Waals surface area (Å²) in [6.07, 6.45) is 3.04. The Balaban J connectivity index is 1.74. The Hall–Kier alpha value is -3.07. The minimum Gasteiger partial charge on any atom is -0.293 e. The highest BCUT2D eigenvalue weighted by atomic mass is 79.9. The molecule has 0 amide bonds. The second kappa shape index (κ2) is 6.10. The van der Waals surface area contributed by atoms with E-state index in [1.807, 2.05) is 31.2 Å². The summed E-state index contributed by atoms with van der Waals surface area (Å²) in [6.45, 7) is 1.82. The summed E-state index contributed by atoms with van der Waals surface area (Å²) in [5.41, 5.74) is 2.32. The van der Waals surface area contributed by atoms with Crippen molar-refractivity contribution in [1.82, 2.24) is 29.6 Å². The van der Waals surface area contributed by atoms with E-state index in [4.69, 9.17) is 0 Å². The molecule has 1 N–H and O–H groups in total. The van der Waals surface area contributed by atoms with Crippen molar-refractivity contribution in [3.05, 3.63) is 68.8 Å². The molecule has 25 heavy (non-hydrogen) atoms. The Morgan fingerprint density at radius 2 is 2.16 bits per heavy atom. The number of aryl methyl sites for hydroxylation is 1. The van der Waals surface area contributed by atoms with E-state index in [1.165, 1.54) is 15.5 Å². The Labute approximate surface area is 150 Å². The number of hydrogen-bond acceptors (Lipinski definition) is 5. The molecule has 3 aromatic heterocycles. The lowest BCUT2D eigenvalue weighted by Gasteiger charge is -2.00. The maximum atomic E-state index is 12.7. The lowest BCUT2D eigenvalue weighted by molar-refractivity contribution is 0.765. The van der Waals surface area contributed by atoms with E-state index in [0.29, 0.717) is 22.7 Å². The van der Waals surface area contributed by atoms with Gasteiger partial charge in [-0.2, -0.15) is 9.20 Å². The van der Waals surface area contributed by atoms with Crippen LogP contribution in [0.5, 0.6) is 0 Å². The van der Waals surface area contributed by atoms with Crippen LogP contribution in [0.2, 0.25) is 0 Å². The molecule has 0 aliphatic rings. The summed E-state index contributed by atoms with van der Waals surface area (Å²) in [7, 11) is 0. The SMILES string of the molecule is Cc1[nH]n(-c2ccc3nncn3n2)c(=O)c1C=Nc1cccc(Br)c1. The predicted octanol–water partition coefficient (Wildman–Crippen LogP) is 2.42. The number of aliphatic imine (C=N–C) groups is 1. The number of benzene rings is 1. The first kappa shape index (κ1) is 15.5. The Bertz CT molecular complexity index is 1150. The molecular formula is C16H12BrN7O. The number of nitrogens with zero attached hydrogens (tertiary/aromatic N) is 6. The molecule has 124 valence electrons. The molecule has 8 nitrogen and oxygen atoms in total. The predicted molar refractivity (Wildman–Crippen MR) is 96.9 cm³/mol. The molecule has 0 aliphatic carbocycles. The van der Waals surface area contributed by atoms with Gasteiger partial charge in [-0.3, -0.25) is 14.9 Å². The van der Waals surface area contributed by atoms with Crippen LogP contribution in [0.25, 0.3) is 11.5 Å². The van der Waals surface area contributed by atoms with Gasteiger partial charge in [0.25, 0.3) is 5.56 Å². The van der Waals surface area contributed by atoms with Gasteiger partial charge in [0, 0.05) is 16.4 Å². The second-order valence-corrected chi connectivity index (χ2v) is 6.27. The van der Waals surface area contributed by atoms with Crippen LogP contribution in [0.4, 0.5) is 5.69 Å². The normalized spacial score (nSPS) is 11.6. The number of aromatic amines is 1. The lowest BCUT2D eigenvalue weighted by atomic mass is 10.3. The summed E-state index contributed by atoms with van der Waals surface area (Å²) in [4.78, 5) is 17.1. The third kappa shape index (κ3) is 2.89. The van der Waals surface area contributed by atoms with Gasteiger partial charge >= 0.3 is 0 Å². The van der Waals surface area contributed by atoms with Crippen molar-refractivity contribution < 1.29 is 0 Å². The zero-order chi connectivity index (χ0) is 17.4. The first-order valence-corrected chi connectivity index (χ1v) is 8.20. The van der Waals surface area contributed by atoms with Crippen LogP contribution < -0.4 is 5.56 Å². The molecule has 0 saturated heterocycles. The first-order chi connectivity index (χ1) is 12.1. The molecule has 1 aromatic carbocycles. The van der Waals surface area contributed by atoms with Crippen molar-refractivity contribution in [2.24, 2.45) is 4.99 Å². The van der Waals surface area contributed by atoms with Crippen LogP contribution in [0, 0.1) is 6.92 Å². The number of nitrogens with one attached hydrogen (secondary N) is 1. The third-order valence-electron chi connectivity index (χ3n) is 3.64. The largest absolute Gasteiger partial charge is 0.293 e. The zero-order valence-corrected chi connectivity index (χ0v) is 14.7. The monoisotopic (exact) mass is 397 g/mol. The number of hydrogen-bond donors (Lipinski definition) is 1. The van der Waals surface area contributed by atoms with Crippen LogP contribution in [0.3, 0.4) is 0 Å². The van der Waals surface area contributed by atoms with Crippen LogP contribution >= 0.6 is 15.9 Å². The van der Waals surface area contributed by atoms with Crippen molar-refractivity contribution >= 4 is 33.5 Å². The van der Waals surface area contributed by atoms with Gasteiger partial charge in [0.2, 0.25) is 0 Å². The van der Waals surface area contributed by atoms with Gasteiger partial charge in [0.1, 0.15) is 6.33 Å². The average Bonchev–Trinajstić information content (AvgIpc) is 3.17. The standard InChI is InChI=1S/C16H12BrN7O/c1-10-13(8-18-12-4-2-3-11(17)7-12)16(25)24(21-10)15-6-5-14-20-19-9-23(14)22-15/h2-9,21H,1H3. The summed E-state index contributed by atoms with van der Waals surface area (Å²) in [6, 6.07) is 11.0. The van der Waals surface area contributed by atoms with Crippen molar-refractivity contribution in [1.29, 1.82) is 0 Å². The summed E-state index contributed by atoms with van der Waals surface area (Å²) in [5, 5.41) is 15.0. The Morgan fingerprint density at radius 1 is 1.28 bits per heavy atom. The Kier molecular flexibility index (Phi) is 3.77. The van der Waals surface area contributed by atoms with E-state index < -0.39 is 0 Å². The number of fused-ring (bicyclic) bond motifs is 1. The van der Waals surface area contributed by atoms with Gasteiger partial charge in [-0.1, -0.05) is 22.0 Å². The van der Waals surface area contributed by atoms with Gasteiger partial charge in [0.15, 0.2) is 11.5 Å². The molecule has 0 spiro atoms. The average molecular weight is 398 g/mol. The zero-order valence-electron chi connectivity index (χ0n) is 13.1. The van der Waals surface area contributed by atoms with Crippen molar-refractivity contribution in [3.63, 3.8) is 0 Å². The fraction of sp³-hybridized carbons (Fsp3) is 0.0625. The quantitative estimate of drug-likeness (QED) is 0.537. The molecule has 3 heterocycles. The highest BCUT2D eigenvalue weighted by molar-refractivity contribution is 9.10. The molecule has 9 heteroatoms. The van der Waals surface area contributed by atoms with Crippen molar-refractivity contribution in [2.75, 3.05) is 0 Å². The van der Waals surface area contributed by atoms with Gasteiger partial charge in [-0.25, -0.2) is 0 Å². The van der Waals surface area contributed by atoms with Crippen LogP contribution in [-0.4, -0.2) is 35.8 Å². The number of rotatable bonds is 3. The molecule has 0 fully saturated rings. The number of aromatic nitrogens is 6. The minimum absolute atomic E-state index is 0.226. The van der Waals surface area contributed by atoms with Crippen LogP contribution in [-0.2, 0) is 0 Å². The first-order valence-electron chi connectivity index (χ1n) is 7.40. The van der Waals surface area contributed by atoms with E-state index >= 15 is 0 Å². The van der Waals surface area contributed by atoms with E-state index in [9.17, 15) is 4.79 Å².